The highest BCUT2D eigenvalue weighted by Crippen LogP contribution is 2.59. The Labute approximate surface area is 236 Å². The molecule has 10 nitrogen and oxygen atoms in total. The smallest absolute Gasteiger partial charge is 0.265 e. The van der Waals surface area contributed by atoms with E-state index in [0.717, 1.165) is 5.56 Å². The fraction of sp³-hybridized carbons (Fsp3) is 0.355. The number of anilines is 1. The molecule has 4 aliphatic rings. The molecule has 10 heteroatoms. The van der Waals surface area contributed by atoms with Crippen LogP contribution in [0.5, 0.6) is 0 Å². The summed E-state index contributed by atoms with van der Waals surface area (Å²) in [7, 11) is 1.52. The second kappa shape index (κ2) is 9.85. The van der Waals surface area contributed by atoms with E-state index in [2.05, 4.69) is 0 Å². The van der Waals surface area contributed by atoms with Crippen molar-refractivity contribution in [1.29, 1.82) is 0 Å². The number of hydroxylamine groups is 2. The zero-order valence-electron chi connectivity index (χ0n) is 22.3. The number of carbonyl (C=O) groups is 2. The van der Waals surface area contributed by atoms with Crippen molar-refractivity contribution < 1.29 is 28.9 Å². The topological polar surface area (TPSA) is 111 Å². The molecule has 1 saturated carbocycles. The lowest BCUT2D eigenvalue weighted by Crippen LogP contribution is -2.64. The maximum absolute atomic E-state index is 13.8. The van der Waals surface area contributed by atoms with Gasteiger partial charge in [0.1, 0.15) is 6.04 Å². The molecule has 2 amide bonds. The lowest BCUT2D eigenvalue weighted by Gasteiger charge is -2.54. The van der Waals surface area contributed by atoms with Crippen LogP contribution in [-0.2, 0) is 24.0 Å². The third kappa shape index (κ3) is 3.93. The fourth-order valence-corrected chi connectivity index (χ4v) is 7.42. The SMILES string of the molecule is COC12CC3C(=O)N(c4ccccc4)C(=O)C3CC1C(c1ccccc1)C1C([N+](=O)[O-])C(c3ccccc3)ON1O2. The highest BCUT2D eigenvalue weighted by molar-refractivity contribution is 6.22. The van der Waals surface area contributed by atoms with E-state index in [9.17, 15) is 19.7 Å². The van der Waals surface area contributed by atoms with Crippen LogP contribution in [0, 0.1) is 27.9 Å². The number of para-hydroxylation sites is 1. The van der Waals surface area contributed by atoms with E-state index in [-0.39, 0.29) is 29.6 Å². The maximum Gasteiger partial charge on any atom is 0.265 e. The number of hydrogen-bond acceptors (Lipinski definition) is 8. The van der Waals surface area contributed by atoms with Crippen LogP contribution in [-0.4, -0.2) is 46.9 Å². The molecule has 0 aromatic heterocycles. The Morgan fingerprint density at radius 3 is 2.07 bits per heavy atom. The summed E-state index contributed by atoms with van der Waals surface area (Å²) in [4.78, 5) is 53.9. The van der Waals surface area contributed by atoms with Gasteiger partial charge in [-0.15, -0.1) is 0 Å². The van der Waals surface area contributed by atoms with Crippen molar-refractivity contribution in [3.8, 4) is 0 Å². The van der Waals surface area contributed by atoms with Crippen LogP contribution in [0.1, 0.15) is 36.0 Å². The average Bonchev–Trinajstić information content (AvgIpc) is 3.50. The van der Waals surface area contributed by atoms with Crippen LogP contribution in [0.3, 0.4) is 0 Å². The van der Waals surface area contributed by atoms with Gasteiger partial charge in [-0.2, -0.15) is 0 Å². The molecule has 3 aliphatic heterocycles. The van der Waals surface area contributed by atoms with Crippen LogP contribution in [0.4, 0.5) is 5.69 Å². The predicted molar refractivity (Wildman–Crippen MR) is 145 cm³/mol. The van der Waals surface area contributed by atoms with Crippen molar-refractivity contribution in [2.24, 2.45) is 17.8 Å². The highest BCUT2D eigenvalue weighted by atomic mass is 17.0. The van der Waals surface area contributed by atoms with Gasteiger partial charge in [0.2, 0.25) is 11.8 Å². The van der Waals surface area contributed by atoms with E-state index in [1.165, 1.54) is 17.2 Å². The van der Waals surface area contributed by atoms with Crippen LogP contribution in [0.15, 0.2) is 91.0 Å². The summed E-state index contributed by atoms with van der Waals surface area (Å²) >= 11 is 0. The van der Waals surface area contributed by atoms with Crippen molar-refractivity contribution in [2.45, 2.75) is 42.7 Å². The molecule has 0 bridgehead atoms. The Bertz CT molecular complexity index is 1470. The third-order valence-corrected chi connectivity index (χ3v) is 9.22. The number of imide groups is 1. The summed E-state index contributed by atoms with van der Waals surface area (Å²) in [5.74, 6) is -4.11. The van der Waals surface area contributed by atoms with Gasteiger partial charge in [0.25, 0.3) is 6.04 Å². The molecule has 3 heterocycles. The zero-order chi connectivity index (χ0) is 28.3. The summed E-state index contributed by atoms with van der Waals surface area (Å²) < 4.78 is 6.12. The minimum Gasteiger partial charge on any atom is -0.351 e. The van der Waals surface area contributed by atoms with E-state index >= 15 is 0 Å². The normalized spacial score (nSPS) is 34.7. The van der Waals surface area contributed by atoms with Crippen molar-refractivity contribution in [3.05, 3.63) is 112 Å². The first kappa shape index (κ1) is 26.0. The molecule has 0 N–H and O–H groups in total. The molecule has 1 aliphatic carbocycles. The minimum atomic E-state index is -1.34. The van der Waals surface area contributed by atoms with Gasteiger partial charge in [0, 0.05) is 30.3 Å². The monoisotopic (exact) mass is 555 g/mol. The molecule has 3 aromatic carbocycles. The number of nitrogens with zero attached hydrogens (tertiary/aromatic N) is 3. The number of methoxy groups -OCH3 is 1. The first-order chi connectivity index (χ1) is 19.9. The van der Waals surface area contributed by atoms with E-state index < -0.39 is 47.6 Å². The molecule has 8 atom stereocenters. The Morgan fingerprint density at radius 1 is 0.878 bits per heavy atom. The summed E-state index contributed by atoms with van der Waals surface area (Å²) in [6.07, 6.45) is -0.508. The number of fused-ring (bicyclic) bond motifs is 3. The van der Waals surface area contributed by atoms with Crippen molar-refractivity contribution in [2.75, 3.05) is 12.0 Å². The van der Waals surface area contributed by atoms with Gasteiger partial charge in [-0.1, -0.05) is 84.1 Å². The molecule has 3 aromatic rings. The number of rotatable bonds is 5. The second-order valence-electron chi connectivity index (χ2n) is 11.1. The Kier molecular flexibility index (Phi) is 6.24. The molecule has 0 radical (unpaired) electrons. The van der Waals surface area contributed by atoms with Crippen molar-refractivity contribution >= 4 is 17.5 Å². The summed E-state index contributed by atoms with van der Waals surface area (Å²) in [6, 6.07) is 25.5. The summed E-state index contributed by atoms with van der Waals surface area (Å²) in [5, 5.41) is 14.0. The lowest BCUT2D eigenvalue weighted by atomic mass is 9.62. The first-order valence-corrected chi connectivity index (χ1v) is 13.8. The number of hydrogen-bond donors (Lipinski definition) is 0. The van der Waals surface area contributed by atoms with Gasteiger partial charge < -0.3 is 4.74 Å². The van der Waals surface area contributed by atoms with Gasteiger partial charge in [0.05, 0.1) is 17.5 Å². The molecule has 7 rings (SSSR count). The van der Waals surface area contributed by atoms with Crippen LogP contribution in [0.25, 0.3) is 0 Å². The van der Waals surface area contributed by atoms with Crippen molar-refractivity contribution in [1.82, 2.24) is 5.23 Å². The van der Waals surface area contributed by atoms with Crippen molar-refractivity contribution in [3.63, 3.8) is 0 Å². The predicted octanol–water partition coefficient (Wildman–Crippen LogP) is 4.28. The standard InChI is InChI=1S/C31H29N3O7/c1-39-31-18-23-22(29(35)32(30(23)36)21-15-9-4-10-16-21)17-24(31)25(19-11-5-2-6-12-19)26-27(33(37)38)28(40-34(26)41-31)20-13-7-3-8-14-20/h2-16,22-28H,17-18H2,1H3. The number of amides is 2. The van der Waals surface area contributed by atoms with E-state index in [1.54, 1.807) is 36.4 Å². The minimum absolute atomic E-state index is 0.113. The molecule has 41 heavy (non-hydrogen) atoms. The fourth-order valence-electron chi connectivity index (χ4n) is 7.42. The molecule has 210 valence electrons. The van der Waals surface area contributed by atoms with Gasteiger partial charge >= 0.3 is 0 Å². The number of ether oxygens (including phenoxy) is 1. The van der Waals surface area contributed by atoms with Gasteiger partial charge in [-0.3, -0.25) is 29.4 Å². The molecular weight excluding hydrogens is 526 g/mol. The molecular formula is C31H29N3O7. The lowest BCUT2D eigenvalue weighted by molar-refractivity contribution is -0.538. The first-order valence-electron chi connectivity index (χ1n) is 13.8. The summed E-state index contributed by atoms with van der Waals surface area (Å²) in [5.41, 5.74) is 2.04. The van der Waals surface area contributed by atoms with Crippen LogP contribution < -0.4 is 4.90 Å². The Balaban J connectivity index is 1.33. The van der Waals surface area contributed by atoms with E-state index in [4.69, 9.17) is 14.4 Å². The second-order valence-corrected chi connectivity index (χ2v) is 11.1. The molecule has 3 saturated heterocycles. The average molecular weight is 556 g/mol. The van der Waals surface area contributed by atoms with Crippen LogP contribution in [0.2, 0.25) is 0 Å². The van der Waals surface area contributed by atoms with Gasteiger partial charge in [-0.25, -0.2) is 4.84 Å². The number of nitro groups is 1. The van der Waals surface area contributed by atoms with Gasteiger partial charge in [0.15, 0.2) is 11.9 Å². The number of benzene rings is 3. The van der Waals surface area contributed by atoms with E-state index in [1.807, 2.05) is 54.6 Å². The van der Waals surface area contributed by atoms with E-state index in [0.29, 0.717) is 11.3 Å². The third-order valence-electron chi connectivity index (χ3n) is 9.22. The quantitative estimate of drug-likeness (QED) is 0.261. The molecule has 0 spiro atoms. The molecule has 8 unspecified atom stereocenters. The zero-order valence-corrected chi connectivity index (χ0v) is 22.3. The summed E-state index contributed by atoms with van der Waals surface area (Å²) in [6.45, 7) is 0. The molecule has 4 fully saturated rings. The van der Waals surface area contributed by atoms with Gasteiger partial charge in [-0.05, 0) is 29.7 Å². The number of carbonyl (C=O) groups excluding carboxylic acids is 2. The largest absolute Gasteiger partial charge is 0.351 e. The highest BCUT2D eigenvalue weighted by Gasteiger charge is 2.70. The maximum atomic E-state index is 13.8. The van der Waals surface area contributed by atoms with Crippen LogP contribution >= 0.6 is 0 Å². The Morgan fingerprint density at radius 2 is 1.46 bits per heavy atom. The Hall–Kier alpha value is -3.96.